The number of hydrogen-bond acceptors (Lipinski definition) is 7. The lowest BCUT2D eigenvalue weighted by molar-refractivity contribution is -0.159. The predicted molar refractivity (Wildman–Crippen MR) is 103 cm³/mol. The molecule has 1 aromatic heterocycles. The fourth-order valence-corrected chi connectivity index (χ4v) is 2.67. The summed E-state index contributed by atoms with van der Waals surface area (Å²) in [6.45, 7) is 2.26. The van der Waals surface area contributed by atoms with Crippen LogP contribution in [0.3, 0.4) is 0 Å². The first kappa shape index (κ1) is 23.5. The molecule has 1 saturated heterocycles. The SMILES string of the molecule is O=C(CN1CCN(C(=O)COc2ccccc2F)CC1)c1ccco1.O=C(O)C(=O)O. The van der Waals surface area contributed by atoms with Gasteiger partial charge in [0.25, 0.3) is 5.91 Å². The monoisotopic (exact) mass is 436 g/mol. The Kier molecular flexibility index (Phi) is 8.70. The second-order valence-corrected chi connectivity index (χ2v) is 6.39. The number of halogens is 1. The number of carboxylic acids is 2. The number of piperazine rings is 1. The molecule has 1 amide bonds. The Morgan fingerprint density at radius 2 is 1.61 bits per heavy atom. The molecule has 2 heterocycles. The van der Waals surface area contributed by atoms with Crippen molar-refractivity contribution in [3.63, 3.8) is 0 Å². The molecule has 0 atom stereocenters. The van der Waals surface area contributed by atoms with E-state index >= 15 is 0 Å². The number of aliphatic carboxylic acids is 2. The zero-order chi connectivity index (χ0) is 22.8. The number of ether oxygens (including phenoxy) is 1. The van der Waals surface area contributed by atoms with Gasteiger partial charge in [0.05, 0.1) is 12.8 Å². The Balaban J connectivity index is 0.000000501. The molecule has 31 heavy (non-hydrogen) atoms. The summed E-state index contributed by atoms with van der Waals surface area (Å²) >= 11 is 0. The number of para-hydroxylation sites is 1. The number of carboxylic acid groups (broad SMARTS) is 2. The van der Waals surface area contributed by atoms with Gasteiger partial charge in [0.1, 0.15) is 0 Å². The predicted octanol–water partition coefficient (Wildman–Crippen LogP) is 0.980. The van der Waals surface area contributed by atoms with Gasteiger partial charge in [0.2, 0.25) is 5.78 Å². The molecule has 1 fully saturated rings. The molecule has 0 bridgehead atoms. The minimum atomic E-state index is -1.82. The van der Waals surface area contributed by atoms with Crippen molar-refractivity contribution in [3.05, 3.63) is 54.2 Å². The summed E-state index contributed by atoms with van der Waals surface area (Å²) in [6.07, 6.45) is 1.47. The standard InChI is InChI=1S/C18H19FN2O4.C2H2O4/c19-14-4-1-2-5-16(14)25-13-18(23)21-9-7-20(8-10-21)12-15(22)17-6-3-11-24-17;3-1(4)2(5)6/h1-6,11H,7-10,12-13H2;(H,3,4)(H,5,6). The number of furan rings is 1. The molecule has 0 aliphatic carbocycles. The van der Waals surface area contributed by atoms with Crippen LogP contribution >= 0.6 is 0 Å². The molecule has 1 aliphatic heterocycles. The highest BCUT2D eigenvalue weighted by molar-refractivity contribution is 6.27. The molecule has 1 aromatic carbocycles. The van der Waals surface area contributed by atoms with Gasteiger partial charge in [-0.25, -0.2) is 14.0 Å². The van der Waals surface area contributed by atoms with E-state index in [0.717, 1.165) is 0 Å². The van der Waals surface area contributed by atoms with Crippen molar-refractivity contribution >= 4 is 23.6 Å². The van der Waals surface area contributed by atoms with Crippen LogP contribution in [0.25, 0.3) is 0 Å². The van der Waals surface area contributed by atoms with E-state index < -0.39 is 17.8 Å². The molecule has 2 aromatic rings. The number of carbonyl (C=O) groups is 4. The lowest BCUT2D eigenvalue weighted by atomic mass is 10.2. The lowest BCUT2D eigenvalue weighted by Gasteiger charge is -2.34. The molecule has 1 aliphatic rings. The molecule has 166 valence electrons. The summed E-state index contributed by atoms with van der Waals surface area (Å²) < 4.78 is 23.8. The summed E-state index contributed by atoms with van der Waals surface area (Å²) in [4.78, 5) is 46.0. The molecule has 11 heteroatoms. The van der Waals surface area contributed by atoms with Crippen LogP contribution in [0.5, 0.6) is 5.75 Å². The van der Waals surface area contributed by atoms with Gasteiger partial charge in [-0.05, 0) is 24.3 Å². The summed E-state index contributed by atoms with van der Waals surface area (Å²) in [5.41, 5.74) is 0. The van der Waals surface area contributed by atoms with Crippen LogP contribution in [-0.2, 0) is 14.4 Å². The number of nitrogens with zero attached hydrogens (tertiary/aromatic N) is 2. The average Bonchev–Trinajstić information content (AvgIpc) is 3.29. The van der Waals surface area contributed by atoms with Gasteiger partial charge in [-0.2, -0.15) is 0 Å². The maximum atomic E-state index is 13.5. The molecule has 10 nitrogen and oxygen atoms in total. The minimum Gasteiger partial charge on any atom is -0.481 e. The Morgan fingerprint density at radius 1 is 0.968 bits per heavy atom. The Bertz CT molecular complexity index is 896. The molecule has 0 unspecified atom stereocenters. The molecule has 0 radical (unpaired) electrons. The first-order valence-electron chi connectivity index (χ1n) is 9.18. The maximum Gasteiger partial charge on any atom is 0.414 e. The summed E-state index contributed by atoms with van der Waals surface area (Å²) in [7, 11) is 0. The molecular weight excluding hydrogens is 415 g/mol. The molecule has 2 N–H and O–H groups in total. The highest BCUT2D eigenvalue weighted by Crippen LogP contribution is 2.15. The topological polar surface area (TPSA) is 138 Å². The van der Waals surface area contributed by atoms with Crippen molar-refractivity contribution < 1.29 is 42.9 Å². The van der Waals surface area contributed by atoms with Gasteiger partial charge in [0, 0.05) is 26.2 Å². The van der Waals surface area contributed by atoms with Crippen molar-refractivity contribution in [2.24, 2.45) is 0 Å². The average molecular weight is 436 g/mol. The van der Waals surface area contributed by atoms with Gasteiger partial charge >= 0.3 is 11.9 Å². The zero-order valence-corrected chi connectivity index (χ0v) is 16.4. The number of hydrogen-bond donors (Lipinski definition) is 2. The first-order valence-corrected chi connectivity index (χ1v) is 9.18. The van der Waals surface area contributed by atoms with E-state index in [1.807, 2.05) is 4.90 Å². The molecule has 0 saturated carbocycles. The highest BCUT2D eigenvalue weighted by Gasteiger charge is 2.23. The van der Waals surface area contributed by atoms with Gasteiger partial charge < -0.3 is 24.3 Å². The van der Waals surface area contributed by atoms with Crippen LogP contribution in [0, 0.1) is 5.82 Å². The van der Waals surface area contributed by atoms with E-state index in [1.54, 1.807) is 29.2 Å². The third kappa shape index (κ3) is 7.55. The minimum absolute atomic E-state index is 0.0681. The Morgan fingerprint density at radius 3 is 2.16 bits per heavy atom. The maximum absolute atomic E-state index is 13.5. The fourth-order valence-electron chi connectivity index (χ4n) is 2.67. The van der Waals surface area contributed by atoms with Crippen molar-refractivity contribution in [3.8, 4) is 5.75 Å². The number of ketones is 1. The molecular formula is C20H21FN2O8. The third-order valence-corrected chi connectivity index (χ3v) is 4.26. The van der Waals surface area contributed by atoms with E-state index in [1.165, 1.54) is 18.4 Å². The van der Waals surface area contributed by atoms with Crippen LogP contribution in [0.15, 0.2) is 47.1 Å². The van der Waals surface area contributed by atoms with Gasteiger partial charge in [-0.1, -0.05) is 12.1 Å². The number of amides is 1. The Hall–Kier alpha value is -3.73. The second-order valence-electron chi connectivity index (χ2n) is 6.39. The first-order chi connectivity index (χ1) is 14.8. The normalized spacial score (nSPS) is 13.6. The number of benzene rings is 1. The molecule has 0 spiro atoms. The number of rotatable bonds is 6. The smallest absolute Gasteiger partial charge is 0.414 e. The number of carbonyl (C=O) groups excluding carboxylic acids is 2. The van der Waals surface area contributed by atoms with E-state index in [4.69, 9.17) is 29.0 Å². The van der Waals surface area contributed by atoms with Crippen molar-refractivity contribution in [2.75, 3.05) is 39.3 Å². The van der Waals surface area contributed by atoms with Gasteiger partial charge in [-0.15, -0.1) is 0 Å². The van der Waals surface area contributed by atoms with E-state index in [9.17, 15) is 14.0 Å². The fraction of sp³-hybridized carbons (Fsp3) is 0.300. The number of Topliss-reactive ketones (excluding diaryl/α,β-unsaturated/α-hetero) is 1. The zero-order valence-electron chi connectivity index (χ0n) is 16.4. The largest absolute Gasteiger partial charge is 0.481 e. The van der Waals surface area contributed by atoms with Crippen LogP contribution < -0.4 is 4.74 Å². The second kappa shape index (κ2) is 11.5. The van der Waals surface area contributed by atoms with Gasteiger partial charge in [0.15, 0.2) is 23.9 Å². The molecule has 3 rings (SSSR count). The lowest BCUT2D eigenvalue weighted by Crippen LogP contribution is -2.51. The van der Waals surface area contributed by atoms with Crippen LogP contribution in [-0.4, -0.2) is 83.0 Å². The van der Waals surface area contributed by atoms with Crippen molar-refractivity contribution in [1.29, 1.82) is 0 Å². The van der Waals surface area contributed by atoms with Crippen LogP contribution in [0.1, 0.15) is 10.6 Å². The van der Waals surface area contributed by atoms with E-state index in [0.29, 0.717) is 31.9 Å². The van der Waals surface area contributed by atoms with Crippen LogP contribution in [0.4, 0.5) is 4.39 Å². The Labute approximate surface area is 176 Å². The highest BCUT2D eigenvalue weighted by atomic mass is 19.1. The van der Waals surface area contributed by atoms with E-state index in [2.05, 4.69) is 0 Å². The quantitative estimate of drug-likeness (QED) is 0.501. The summed E-state index contributed by atoms with van der Waals surface area (Å²) in [6, 6.07) is 9.31. The van der Waals surface area contributed by atoms with Gasteiger partial charge in [-0.3, -0.25) is 14.5 Å². The summed E-state index contributed by atoms with van der Waals surface area (Å²) in [5, 5.41) is 14.8. The van der Waals surface area contributed by atoms with E-state index in [-0.39, 0.29) is 30.6 Å². The van der Waals surface area contributed by atoms with Crippen molar-refractivity contribution in [2.45, 2.75) is 0 Å². The summed E-state index contributed by atoms with van der Waals surface area (Å²) in [5.74, 6) is -4.00. The van der Waals surface area contributed by atoms with Crippen LogP contribution in [0.2, 0.25) is 0 Å². The van der Waals surface area contributed by atoms with Crippen molar-refractivity contribution in [1.82, 2.24) is 9.80 Å². The third-order valence-electron chi connectivity index (χ3n) is 4.26.